The van der Waals surface area contributed by atoms with Crippen LogP contribution in [0.1, 0.15) is 138 Å². The van der Waals surface area contributed by atoms with Crippen LogP contribution in [0.3, 0.4) is 0 Å². The van der Waals surface area contributed by atoms with Gasteiger partial charge in [-0.3, -0.25) is 9.59 Å². The molecule has 56 heavy (non-hydrogen) atoms. The molecule has 304 valence electrons. The van der Waals surface area contributed by atoms with Gasteiger partial charge in [-0.1, -0.05) is 58.9 Å². The van der Waals surface area contributed by atoms with E-state index in [0.717, 1.165) is 32.1 Å². The Morgan fingerprint density at radius 3 is 2.39 bits per heavy atom. The summed E-state index contributed by atoms with van der Waals surface area (Å²) < 4.78 is 5.93. The van der Waals surface area contributed by atoms with Crippen molar-refractivity contribution in [2.75, 3.05) is 13.2 Å². The normalized spacial score (nSPS) is 40.9. The maximum Gasteiger partial charge on any atom is 0.313 e. The van der Waals surface area contributed by atoms with Crippen LogP contribution in [0.25, 0.3) is 0 Å². The number of hydrogen-bond acceptors (Lipinski definition) is 7. The van der Waals surface area contributed by atoms with Crippen molar-refractivity contribution in [3.8, 4) is 11.9 Å². The Hall–Kier alpha value is -3.28. The molecule has 8 nitrogen and oxygen atoms in total. The minimum Gasteiger partial charge on any atom is -0.481 e. The topological polar surface area (TPSA) is 133 Å². The van der Waals surface area contributed by atoms with Crippen LogP contribution in [-0.4, -0.2) is 51.2 Å². The molecule has 0 aromatic carbocycles. The number of nitrogens with zero attached hydrogens (tertiary/aromatic N) is 2. The summed E-state index contributed by atoms with van der Waals surface area (Å²) in [5, 5.41) is 34.9. The van der Waals surface area contributed by atoms with E-state index in [1.807, 2.05) is 0 Å². The Labute approximate surface area is 335 Å². The number of β-amino-alcohol motifs (C(OH)–C–C–N with tert-alkyl or cyclic N) is 1. The largest absolute Gasteiger partial charge is 0.481 e. The molecule has 0 amide bonds. The molecule has 4 saturated carbocycles. The average Bonchev–Trinajstić information content (AvgIpc) is 3.54. The fourth-order valence-corrected chi connectivity index (χ4v) is 14.4. The van der Waals surface area contributed by atoms with E-state index >= 15 is 0 Å². The van der Waals surface area contributed by atoms with Gasteiger partial charge in [0.25, 0.3) is 0 Å². The van der Waals surface area contributed by atoms with Gasteiger partial charge in [-0.15, -0.1) is 0 Å². The fraction of sp³-hybridized carbons (Fsp3) is 0.708. The van der Waals surface area contributed by atoms with E-state index < -0.39 is 17.0 Å². The summed E-state index contributed by atoms with van der Waals surface area (Å²) in [6.07, 6.45) is 18.1. The van der Waals surface area contributed by atoms with E-state index in [1.165, 1.54) is 49.3 Å². The van der Waals surface area contributed by atoms with Crippen LogP contribution in [0.15, 0.2) is 53.8 Å². The molecular weight excluding hydrogens is 699 g/mol. The second kappa shape index (κ2) is 13.9. The van der Waals surface area contributed by atoms with Gasteiger partial charge in [0.2, 0.25) is 5.88 Å². The van der Waals surface area contributed by atoms with Crippen molar-refractivity contribution in [3.63, 3.8) is 0 Å². The number of pyridine rings is 1. The number of nitriles is 1. The molecular formula is C48H67N3O5. The molecule has 8 heteroatoms. The van der Waals surface area contributed by atoms with Crippen LogP contribution in [-0.2, 0) is 9.59 Å². The van der Waals surface area contributed by atoms with Crippen LogP contribution in [0.2, 0.25) is 0 Å². The van der Waals surface area contributed by atoms with Gasteiger partial charge >= 0.3 is 5.97 Å². The lowest BCUT2D eigenvalue weighted by Gasteiger charge is -2.72. The molecule has 11 atom stereocenters. The summed E-state index contributed by atoms with van der Waals surface area (Å²) in [5.41, 5.74) is 2.22. The molecule has 1 heterocycles. The number of ketones is 1. The number of carboxylic acid groups (broad SMARTS) is 1. The number of aliphatic carboxylic acids is 1. The summed E-state index contributed by atoms with van der Waals surface area (Å²) in [4.78, 5) is 29.3. The van der Waals surface area contributed by atoms with Gasteiger partial charge in [-0.25, -0.2) is 4.98 Å². The molecule has 6 aliphatic rings. The van der Waals surface area contributed by atoms with Crippen molar-refractivity contribution in [1.82, 2.24) is 10.3 Å². The zero-order valence-corrected chi connectivity index (χ0v) is 35.4. The van der Waals surface area contributed by atoms with Crippen LogP contribution in [0.4, 0.5) is 0 Å². The van der Waals surface area contributed by atoms with E-state index in [1.54, 1.807) is 25.3 Å². The number of aromatic nitrogens is 1. The number of hydrogen-bond donors (Lipinski definition) is 3. The molecule has 0 saturated heterocycles. The standard InChI is InChI=1S/C48H67N3O5/c1-30(2)34-16-23-48(51-28-46(9,55)31(3)52)25-24-44(7)36(39(34)48)12-13-38-43(6)19-17-35(42(4,5)37(43)18-20-45(38,44)8)32-14-21-47(22-15-32,41(53)54)29-56-40-33(27-49)11-10-26-50-40/h10-11,14,17,26,34,36-39,51,55H,1,12-13,15-16,18-25,28-29H2,2-9H3,(H,53,54)/t34-,36+,37-,38+,39+,43-,44+,45+,46?,47-,48-/m0/s1. The van der Waals surface area contributed by atoms with Gasteiger partial charge in [0, 0.05) is 18.3 Å². The molecule has 1 unspecified atom stereocenters. The molecule has 0 aliphatic heterocycles. The zero-order chi connectivity index (χ0) is 40.7. The molecule has 7 rings (SSSR count). The van der Waals surface area contributed by atoms with E-state index in [0.29, 0.717) is 61.0 Å². The number of nitrogens with one attached hydrogen (secondary N) is 1. The Kier molecular flexibility index (Phi) is 10.2. The van der Waals surface area contributed by atoms with Gasteiger partial charge in [-0.2, -0.15) is 5.26 Å². The maximum atomic E-state index is 12.8. The number of allylic oxidation sites excluding steroid dienone is 5. The fourth-order valence-electron chi connectivity index (χ4n) is 14.4. The molecule has 4 fully saturated rings. The van der Waals surface area contributed by atoms with Crippen molar-refractivity contribution in [2.45, 2.75) is 144 Å². The molecule has 1 aromatic rings. The summed E-state index contributed by atoms with van der Waals surface area (Å²) in [7, 11) is 0. The summed E-state index contributed by atoms with van der Waals surface area (Å²) in [5.74, 6) is 1.69. The maximum absolute atomic E-state index is 12.8. The molecule has 0 radical (unpaired) electrons. The second-order valence-corrected chi connectivity index (χ2v) is 20.8. The predicted molar refractivity (Wildman–Crippen MR) is 218 cm³/mol. The quantitative estimate of drug-likeness (QED) is 0.201. The summed E-state index contributed by atoms with van der Waals surface area (Å²) in [6.45, 7) is 23.0. The lowest BCUT2D eigenvalue weighted by molar-refractivity contribution is -0.221. The zero-order valence-electron chi connectivity index (χ0n) is 35.4. The molecule has 3 N–H and O–H groups in total. The number of carboxylic acids is 1. The number of carbonyl (C=O) groups is 2. The monoisotopic (exact) mass is 766 g/mol. The first-order chi connectivity index (χ1) is 26.2. The van der Waals surface area contributed by atoms with Crippen LogP contribution in [0.5, 0.6) is 5.88 Å². The lowest BCUT2D eigenvalue weighted by Crippen LogP contribution is -2.68. The highest BCUT2D eigenvalue weighted by Gasteiger charge is 2.70. The second-order valence-electron chi connectivity index (χ2n) is 20.8. The van der Waals surface area contributed by atoms with E-state index in [-0.39, 0.29) is 45.5 Å². The number of aliphatic hydroxyl groups is 1. The Morgan fingerprint density at radius 2 is 1.75 bits per heavy atom. The third-order valence-electron chi connectivity index (χ3n) is 18.0. The van der Waals surface area contributed by atoms with E-state index in [2.05, 4.69) is 76.6 Å². The van der Waals surface area contributed by atoms with Crippen LogP contribution in [0, 0.1) is 68.0 Å². The van der Waals surface area contributed by atoms with Crippen molar-refractivity contribution < 1.29 is 24.5 Å². The predicted octanol–water partition coefficient (Wildman–Crippen LogP) is 9.39. The van der Waals surface area contributed by atoms with Gasteiger partial charge in [-0.05, 0) is 172 Å². The Balaban J connectivity index is 1.14. The molecule has 6 aliphatic carbocycles. The highest BCUT2D eigenvalue weighted by Crippen LogP contribution is 2.76. The number of ether oxygens (including phenoxy) is 1. The number of fused-ring (bicyclic) bond motifs is 7. The molecule has 0 spiro atoms. The smallest absolute Gasteiger partial charge is 0.313 e. The summed E-state index contributed by atoms with van der Waals surface area (Å²) in [6, 6.07) is 5.41. The Morgan fingerprint density at radius 1 is 1.00 bits per heavy atom. The highest BCUT2D eigenvalue weighted by molar-refractivity contribution is 5.84. The van der Waals surface area contributed by atoms with Crippen molar-refractivity contribution in [3.05, 3.63) is 59.3 Å². The van der Waals surface area contributed by atoms with E-state index in [4.69, 9.17) is 4.74 Å². The van der Waals surface area contributed by atoms with Crippen LogP contribution >= 0.6 is 0 Å². The average molecular weight is 766 g/mol. The SMILES string of the molecule is C=C(C)[C@@H]1CC[C@]2(NCC(C)(O)C(C)=O)CC[C@]3(C)[C@H](CC[C@@H]4[C@@]5(C)CC=C(C6=CC[C@](COc7ncccc7C#N)(C(=O)O)CC6)C(C)(C)[C@@H]5CC[C@]43C)[C@@H]12. The molecule has 1 aromatic heterocycles. The molecule has 0 bridgehead atoms. The van der Waals surface area contributed by atoms with Crippen LogP contribution < -0.4 is 10.1 Å². The van der Waals surface area contributed by atoms with Gasteiger partial charge in [0.05, 0.1) is 0 Å². The van der Waals surface area contributed by atoms with Gasteiger partial charge in [0.1, 0.15) is 29.3 Å². The first kappa shape index (κ1) is 40.9. The van der Waals surface area contributed by atoms with Gasteiger partial charge < -0.3 is 20.3 Å². The first-order valence-electron chi connectivity index (χ1n) is 21.5. The van der Waals surface area contributed by atoms with Crippen molar-refractivity contribution in [2.24, 2.45) is 56.7 Å². The van der Waals surface area contributed by atoms with Crippen molar-refractivity contribution >= 4 is 11.8 Å². The van der Waals surface area contributed by atoms with Gasteiger partial charge in [0.15, 0.2) is 5.78 Å². The summed E-state index contributed by atoms with van der Waals surface area (Å²) >= 11 is 0. The van der Waals surface area contributed by atoms with Crippen molar-refractivity contribution in [1.29, 1.82) is 5.26 Å². The first-order valence-corrected chi connectivity index (χ1v) is 21.5. The lowest BCUT2D eigenvalue weighted by atomic mass is 9.33. The third kappa shape index (κ3) is 6.07. The highest BCUT2D eigenvalue weighted by atomic mass is 16.5. The number of rotatable bonds is 10. The number of carbonyl (C=O) groups excluding carboxylic acids is 1. The third-order valence-corrected chi connectivity index (χ3v) is 18.0. The Bertz CT molecular complexity index is 1890. The number of Topliss-reactive ketones (excluding diaryl/α,β-unsaturated/α-hetero) is 1. The minimum atomic E-state index is -1.37. The van der Waals surface area contributed by atoms with E-state index in [9.17, 15) is 25.1 Å². The minimum absolute atomic E-state index is 0.0225.